The Morgan fingerprint density at radius 3 is 1.60 bits per heavy atom. The predicted octanol–water partition coefficient (Wildman–Crippen LogP) is 2.97. The van der Waals surface area contributed by atoms with E-state index >= 15 is 0 Å². The fraction of sp³-hybridized carbons (Fsp3) is 1.00. The lowest BCUT2D eigenvalue weighted by atomic mass is 10.5. The van der Waals surface area contributed by atoms with Gasteiger partial charge in [-0.05, 0) is 58.3 Å². The van der Waals surface area contributed by atoms with Gasteiger partial charge in [0.05, 0.1) is 6.61 Å². The molecule has 0 radical (unpaired) electrons. The van der Waals surface area contributed by atoms with Gasteiger partial charge < -0.3 is 8.23 Å². The Morgan fingerprint density at radius 2 is 1.30 bits per heavy atom. The molecule has 0 aliphatic carbocycles. The van der Waals surface area contributed by atoms with Crippen molar-refractivity contribution in [2.75, 3.05) is 6.61 Å². The van der Waals surface area contributed by atoms with Gasteiger partial charge in [-0.1, -0.05) is 0 Å². The van der Waals surface area contributed by atoms with Gasteiger partial charge >= 0.3 is 19.0 Å². The lowest BCUT2D eigenvalue weighted by molar-refractivity contribution is 0.264. The first kappa shape index (κ1) is 20.4. The summed E-state index contributed by atoms with van der Waals surface area (Å²) in [5, 5.41) is 0. The van der Waals surface area contributed by atoms with Gasteiger partial charge in [-0.3, -0.25) is 4.55 Å². The summed E-state index contributed by atoms with van der Waals surface area (Å²) in [6.45, 7) is 14.6. The molecule has 0 saturated carbocycles. The summed E-state index contributed by atoms with van der Waals surface area (Å²) in [4.78, 5) is 0. The molecule has 1 N–H and O–H groups in total. The maximum atomic E-state index is 10.5. The Labute approximate surface area is 126 Å². The van der Waals surface area contributed by atoms with Gasteiger partial charge in [0.25, 0.3) is 0 Å². The predicted molar refractivity (Wildman–Crippen MR) is 87.4 cm³/mol. The second-order valence-electron chi connectivity index (χ2n) is 6.92. The van der Waals surface area contributed by atoms with Crippen LogP contribution in [-0.4, -0.2) is 44.8 Å². The summed E-state index contributed by atoms with van der Waals surface area (Å²) in [5.74, 6) is 0. The first-order valence-corrected chi connectivity index (χ1v) is 17.3. The van der Waals surface area contributed by atoms with Crippen molar-refractivity contribution in [3.05, 3.63) is 0 Å². The summed E-state index contributed by atoms with van der Waals surface area (Å²) in [7, 11) is -10.2. The van der Waals surface area contributed by atoms with Crippen LogP contribution in [0.5, 0.6) is 0 Å². The van der Waals surface area contributed by atoms with E-state index in [0.29, 0.717) is 12.5 Å². The van der Waals surface area contributed by atoms with Crippen LogP contribution >= 0.6 is 0 Å². The molecule has 0 aliphatic heterocycles. The van der Waals surface area contributed by atoms with Crippen LogP contribution in [0.1, 0.15) is 6.42 Å². The first-order chi connectivity index (χ1) is 8.62. The Hall–Kier alpha value is 0.441. The zero-order chi connectivity index (χ0) is 16.2. The fourth-order valence-corrected chi connectivity index (χ4v) is 14.8. The molecule has 0 aromatic heterocycles. The van der Waals surface area contributed by atoms with E-state index in [2.05, 4.69) is 43.5 Å². The lowest BCUT2D eigenvalue weighted by Gasteiger charge is -2.38. The maximum absolute atomic E-state index is 10.5. The number of rotatable bonds is 9. The fourth-order valence-electron chi connectivity index (χ4n) is 1.98. The van der Waals surface area contributed by atoms with E-state index in [-0.39, 0.29) is 6.61 Å². The smallest absolute Gasteiger partial charge is 0.397 e. The number of hydrogen-bond acceptors (Lipinski definition) is 5. The highest BCUT2D eigenvalue weighted by atomic mass is 32.3. The Bertz CT molecular complexity index is 382. The Balaban J connectivity index is 4.62. The highest BCUT2D eigenvalue weighted by molar-refractivity contribution is 7.80. The average Bonchev–Trinajstić information content (AvgIpc) is 2.04. The van der Waals surface area contributed by atoms with E-state index in [9.17, 15) is 8.42 Å². The molecule has 0 rings (SSSR count). The largest absolute Gasteiger partial charge is 0.437 e. The van der Waals surface area contributed by atoms with Crippen molar-refractivity contribution in [3.8, 4) is 0 Å². The molecule has 0 unspecified atom stereocenters. The van der Waals surface area contributed by atoms with Gasteiger partial charge in [-0.25, -0.2) is 4.18 Å². The first-order valence-electron chi connectivity index (χ1n) is 6.64. The molecular weight excluding hydrogens is 332 g/mol. The van der Waals surface area contributed by atoms with Crippen LogP contribution in [-0.2, 0) is 22.8 Å². The third-order valence-electron chi connectivity index (χ3n) is 2.05. The Kier molecular flexibility index (Phi) is 7.29. The summed E-state index contributed by atoms with van der Waals surface area (Å²) in [6, 6.07) is 0.650. The van der Waals surface area contributed by atoms with Crippen molar-refractivity contribution >= 4 is 35.6 Å². The van der Waals surface area contributed by atoms with Crippen LogP contribution in [0.3, 0.4) is 0 Å². The molecule has 0 fully saturated rings. The minimum absolute atomic E-state index is 0.0501. The molecule has 20 heavy (non-hydrogen) atoms. The van der Waals surface area contributed by atoms with E-state index in [4.69, 9.17) is 12.8 Å². The monoisotopic (exact) mass is 360 g/mol. The SMILES string of the molecule is C[Si](C)(C)O[Si](C)(CCCOS(=O)(=O)O)O[Si](C)(C)C. The molecule has 122 valence electrons. The van der Waals surface area contributed by atoms with E-state index in [1.807, 2.05) is 6.55 Å². The average molecular weight is 361 g/mol. The van der Waals surface area contributed by atoms with Crippen molar-refractivity contribution in [2.24, 2.45) is 0 Å². The van der Waals surface area contributed by atoms with Gasteiger partial charge in [0.1, 0.15) is 0 Å². The third-order valence-corrected chi connectivity index (χ3v) is 12.1. The van der Waals surface area contributed by atoms with Crippen molar-refractivity contribution in [2.45, 2.75) is 58.3 Å². The van der Waals surface area contributed by atoms with Crippen LogP contribution in [0, 0.1) is 0 Å². The van der Waals surface area contributed by atoms with E-state index in [0.717, 1.165) is 0 Å². The van der Waals surface area contributed by atoms with Crippen LogP contribution in [0.4, 0.5) is 0 Å². The zero-order valence-electron chi connectivity index (χ0n) is 13.5. The van der Waals surface area contributed by atoms with Crippen molar-refractivity contribution in [3.63, 3.8) is 0 Å². The van der Waals surface area contributed by atoms with Crippen molar-refractivity contribution in [1.82, 2.24) is 0 Å². The topological polar surface area (TPSA) is 82.1 Å². The Morgan fingerprint density at radius 1 is 0.900 bits per heavy atom. The molecule has 0 heterocycles. The molecule has 0 amide bonds. The normalized spacial score (nSPS) is 14.6. The van der Waals surface area contributed by atoms with Gasteiger partial charge in [-0.15, -0.1) is 0 Å². The number of hydrogen-bond donors (Lipinski definition) is 1. The van der Waals surface area contributed by atoms with E-state index in [1.165, 1.54) is 0 Å². The van der Waals surface area contributed by atoms with Gasteiger partial charge in [-0.2, -0.15) is 8.42 Å². The lowest BCUT2D eigenvalue weighted by Crippen LogP contribution is -2.52. The molecule has 6 nitrogen and oxygen atoms in total. The molecule has 0 spiro atoms. The van der Waals surface area contributed by atoms with Crippen molar-refractivity contribution in [1.29, 1.82) is 0 Å². The second kappa shape index (κ2) is 7.13. The molecule has 0 bridgehead atoms. The van der Waals surface area contributed by atoms with Gasteiger partial charge in [0.2, 0.25) is 0 Å². The highest BCUT2D eigenvalue weighted by Crippen LogP contribution is 2.25. The minimum atomic E-state index is -4.36. The molecule has 0 saturated heterocycles. The third kappa shape index (κ3) is 12.2. The molecule has 0 atom stereocenters. The highest BCUT2D eigenvalue weighted by Gasteiger charge is 2.39. The van der Waals surface area contributed by atoms with Crippen LogP contribution in [0.2, 0.25) is 51.9 Å². The maximum Gasteiger partial charge on any atom is 0.397 e. The van der Waals surface area contributed by atoms with Gasteiger partial charge in [0, 0.05) is 0 Å². The molecule has 0 aromatic rings. The minimum Gasteiger partial charge on any atom is -0.437 e. The van der Waals surface area contributed by atoms with Gasteiger partial charge in [0.15, 0.2) is 16.6 Å². The van der Waals surface area contributed by atoms with E-state index in [1.54, 1.807) is 0 Å². The van der Waals surface area contributed by atoms with Crippen LogP contribution < -0.4 is 0 Å². The quantitative estimate of drug-likeness (QED) is 0.387. The standard InChI is InChI=1S/C10H28O6SSi3/c1-18(2,3)15-20(7,16-19(4,5)6)10-8-9-14-17(11,12)13/h8-10H2,1-7H3,(H,11,12,13). The molecular formula is C10H28O6SSi3. The molecule has 10 heteroatoms. The second-order valence-corrected chi connectivity index (χ2v) is 20.9. The molecule has 0 aromatic carbocycles. The van der Waals surface area contributed by atoms with Crippen molar-refractivity contribution < 1.29 is 25.4 Å². The summed E-state index contributed by atoms with van der Waals surface area (Å²) in [5.41, 5.74) is 0. The summed E-state index contributed by atoms with van der Waals surface area (Å²) < 4.78 is 46.4. The van der Waals surface area contributed by atoms with Crippen LogP contribution in [0.15, 0.2) is 0 Å². The van der Waals surface area contributed by atoms with Crippen LogP contribution in [0.25, 0.3) is 0 Å². The summed E-state index contributed by atoms with van der Waals surface area (Å²) in [6.07, 6.45) is 0.484. The zero-order valence-corrected chi connectivity index (χ0v) is 17.3. The van der Waals surface area contributed by atoms with E-state index < -0.39 is 35.6 Å². The summed E-state index contributed by atoms with van der Waals surface area (Å²) >= 11 is 0. The molecule has 0 aliphatic rings.